The minimum atomic E-state index is -1.52. The molecule has 4 aliphatic carbocycles. The highest BCUT2D eigenvalue weighted by Crippen LogP contribution is 2.68. The molecular weight excluding hydrogens is 617 g/mol. The van der Waals surface area contributed by atoms with Gasteiger partial charge in [-0.05, 0) is 67.9 Å². The van der Waals surface area contributed by atoms with E-state index in [1.807, 2.05) is 13.0 Å². The van der Waals surface area contributed by atoms with E-state index in [1.54, 1.807) is 30.5 Å². The number of aliphatic hydroxyl groups is 3. The molecule has 10 nitrogen and oxygen atoms in total. The van der Waals surface area contributed by atoms with Gasteiger partial charge in [-0.15, -0.1) is 11.3 Å². The van der Waals surface area contributed by atoms with E-state index in [0.29, 0.717) is 34.7 Å². The molecule has 3 saturated carbocycles. The number of aromatic nitrogens is 1. The van der Waals surface area contributed by atoms with Crippen LogP contribution in [0.25, 0.3) is 0 Å². The van der Waals surface area contributed by atoms with E-state index in [2.05, 4.69) is 24.5 Å². The van der Waals surface area contributed by atoms with Gasteiger partial charge in [0.15, 0.2) is 17.9 Å². The van der Waals surface area contributed by atoms with E-state index in [-0.39, 0.29) is 35.6 Å². The summed E-state index contributed by atoms with van der Waals surface area (Å²) in [6, 6.07) is 6.28. The molecule has 8 unspecified atom stereocenters. The fraction of sp³-hybridized carbons (Fsp3) is 0.545. The summed E-state index contributed by atoms with van der Waals surface area (Å²) in [5, 5.41) is 44.9. The van der Waals surface area contributed by atoms with Gasteiger partial charge in [-0.3, -0.25) is 19.7 Å². The fourth-order valence-corrected chi connectivity index (χ4v) is 9.75. The standard InChI is InChI=1S/C32H36N2O8S.CH4S/c1-30-10-8-21(36)14-19(30)6-7-22-23-9-11-32(26(38)17-35,31(23,2)15-24(37)28(22)30)42-29(39)25-16-33-27(43-25)13-18-4-3-5-20(12-18)34(40)41;1-2/h3-5,8,10,12,14,16,22-24,28-29,35,37,39H,6-7,9,11,13,15,17H2,1-2H3;2H,1H3. The van der Waals surface area contributed by atoms with Crippen molar-refractivity contribution in [3.63, 3.8) is 0 Å². The summed E-state index contributed by atoms with van der Waals surface area (Å²) >= 11 is 4.72. The van der Waals surface area contributed by atoms with Crippen LogP contribution in [0, 0.1) is 38.7 Å². The van der Waals surface area contributed by atoms with E-state index < -0.39 is 46.1 Å². The predicted molar refractivity (Wildman–Crippen MR) is 172 cm³/mol. The average molecular weight is 657 g/mol. The van der Waals surface area contributed by atoms with Crippen molar-refractivity contribution in [3.8, 4) is 0 Å². The third kappa shape index (κ3) is 5.63. The number of rotatable bonds is 8. The third-order valence-corrected chi connectivity index (χ3v) is 11.8. The van der Waals surface area contributed by atoms with Crippen LogP contribution < -0.4 is 0 Å². The topological polar surface area (TPSA) is 160 Å². The lowest BCUT2D eigenvalue weighted by molar-refractivity contribution is -0.384. The molecule has 4 aliphatic rings. The number of hydrogen-bond donors (Lipinski definition) is 4. The molecule has 2 aromatic rings. The quantitative estimate of drug-likeness (QED) is 0.136. The number of nitro benzene ring substituents is 1. The van der Waals surface area contributed by atoms with Gasteiger partial charge in [0.05, 0.1) is 20.9 Å². The molecule has 0 amide bonds. The Bertz CT molecular complexity index is 1540. The van der Waals surface area contributed by atoms with Crippen molar-refractivity contribution in [1.82, 2.24) is 4.98 Å². The average Bonchev–Trinajstić information content (AvgIpc) is 3.60. The Labute approximate surface area is 271 Å². The first-order valence-corrected chi connectivity index (χ1v) is 16.9. The monoisotopic (exact) mass is 656 g/mol. The molecule has 242 valence electrons. The lowest BCUT2D eigenvalue weighted by atomic mass is 9.46. The number of ether oxygens (including phenoxy) is 1. The van der Waals surface area contributed by atoms with Gasteiger partial charge < -0.3 is 20.1 Å². The van der Waals surface area contributed by atoms with Crippen LogP contribution in [-0.4, -0.2) is 61.4 Å². The van der Waals surface area contributed by atoms with Gasteiger partial charge in [0.1, 0.15) is 12.2 Å². The zero-order chi connectivity index (χ0) is 32.7. The Morgan fingerprint density at radius 3 is 2.76 bits per heavy atom. The van der Waals surface area contributed by atoms with Crippen LogP contribution >= 0.6 is 24.0 Å². The lowest BCUT2D eigenvalue weighted by Crippen LogP contribution is -2.62. The third-order valence-electron chi connectivity index (χ3n) is 10.8. The summed E-state index contributed by atoms with van der Waals surface area (Å²) in [6.45, 7) is 3.27. The highest BCUT2D eigenvalue weighted by atomic mass is 32.1. The second kappa shape index (κ2) is 12.8. The maximum Gasteiger partial charge on any atom is 0.269 e. The molecule has 1 aromatic heterocycles. The van der Waals surface area contributed by atoms with E-state index in [9.17, 15) is 35.0 Å². The number of non-ortho nitro benzene ring substituents is 1. The van der Waals surface area contributed by atoms with Crippen molar-refractivity contribution in [2.45, 2.75) is 70.4 Å². The minimum absolute atomic E-state index is 0.00102. The molecule has 45 heavy (non-hydrogen) atoms. The molecule has 0 radical (unpaired) electrons. The summed E-state index contributed by atoms with van der Waals surface area (Å²) < 4.78 is 6.34. The Morgan fingerprint density at radius 2 is 2.04 bits per heavy atom. The maximum atomic E-state index is 13.6. The molecule has 1 heterocycles. The van der Waals surface area contributed by atoms with Crippen LogP contribution in [0.1, 0.15) is 67.7 Å². The van der Waals surface area contributed by atoms with E-state index in [1.165, 1.54) is 29.7 Å². The maximum absolute atomic E-state index is 13.6. The van der Waals surface area contributed by atoms with Crippen LogP contribution in [0.5, 0.6) is 0 Å². The number of hydrogen-bond acceptors (Lipinski definition) is 11. The van der Waals surface area contributed by atoms with Gasteiger partial charge in [0, 0.05) is 41.5 Å². The van der Waals surface area contributed by atoms with Crippen LogP contribution in [0.4, 0.5) is 5.69 Å². The summed E-state index contributed by atoms with van der Waals surface area (Å²) in [6.07, 6.45) is 9.13. The predicted octanol–water partition coefficient (Wildman–Crippen LogP) is 4.77. The molecule has 8 atom stereocenters. The van der Waals surface area contributed by atoms with Gasteiger partial charge in [0.25, 0.3) is 5.69 Å². The van der Waals surface area contributed by atoms with Crippen molar-refractivity contribution in [2.75, 3.05) is 12.9 Å². The second-order valence-corrected chi connectivity index (χ2v) is 14.0. The first-order chi connectivity index (χ1) is 21.4. The molecule has 12 heteroatoms. The van der Waals surface area contributed by atoms with Crippen LogP contribution in [-0.2, 0) is 20.7 Å². The van der Waals surface area contributed by atoms with Crippen LogP contribution in [0.3, 0.4) is 0 Å². The number of ketones is 2. The SMILES string of the molecule is CC12C=CC(=O)C=C1CCC1C2C(O)CC2(C)C1CCC2(OC(O)c1cnc(Cc2cccc([N+](=O)[O-])c2)s1)C(=O)CO.CS. The number of nitrogens with zero attached hydrogens (tertiary/aromatic N) is 2. The number of nitro groups is 1. The second-order valence-electron chi connectivity index (χ2n) is 12.9. The number of thiazole rings is 1. The Kier molecular flexibility index (Phi) is 9.57. The molecule has 0 spiro atoms. The zero-order valence-electron chi connectivity index (χ0n) is 25.6. The molecular formula is C33H40N2O8S2. The van der Waals surface area contributed by atoms with Crippen LogP contribution in [0.2, 0.25) is 0 Å². The van der Waals surface area contributed by atoms with Gasteiger partial charge in [-0.25, -0.2) is 4.98 Å². The number of fused-ring (bicyclic) bond motifs is 5. The Morgan fingerprint density at radius 1 is 1.29 bits per heavy atom. The van der Waals surface area contributed by atoms with Gasteiger partial charge in [-0.1, -0.05) is 37.6 Å². The van der Waals surface area contributed by atoms with E-state index >= 15 is 0 Å². The number of thiol groups is 1. The Hall–Kier alpha value is -2.74. The number of carbonyl (C=O) groups is 2. The summed E-state index contributed by atoms with van der Waals surface area (Å²) in [5.74, 6) is -0.619. The molecule has 0 aliphatic heterocycles. The summed E-state index contributed by atoms with van der Waals surface area (Å²) in [5.41, 5.74) is -1.10. The first kappa shape index (κ1) is 33.6. The molecule has 3 fully saturated rings. The van der Waals surface area contributed by atoms with Crippen molar-refractivity contribution >= 4 is 41.2 Å². The number of benzene rings is 1. The highest BCUT2D eigenvalue weighted by Gasteiger charge is 2.69. The van der Waals surface area contributed by atoms with Gasteiger partial charge >= 0.3 is 0 Å². The van der Waals surface area contributed by atoms with Crippen LogP contribution in [0.15, 0.2) is 54.3 Å². The highest BCUT2D eigenvalue weighted by molar-refractivity contribution is 7.79. The lowest BCUT2D eigenvalue weighted by Gasteiger charge is -2.60. The smallest absolute Gasteiger partial charge is 0.269 e. The molecule has 3 N–H and O–H groups in total. The number of allylic oxidation sites excluding steroid dienone is 4. The summed E-state index contributed by atoms with van der Waals surface area (Å²) in [7, 11) is 0. The number of Topliss-reactive ketones (excluding diaryl/α,β-unsaturated/α-hetero) is 1. The summed E-state index contributed by atoms with van der Waals surface area (Å²) in [4.78, 5) is 41.2. The minimum Gasteiger partial charge on any atom is -0.393 e. The largest absolute Gasteiger partial charge is 0.393 e. The zero-order valence-corrected chi connectivity index (χ0v) is 27.3. The van der Waals surface area contributed by atoms with Crippen molar-refractivity contribution in [1.29, 1.82) is 0 Å². The first-order valence-electron chi connectivity index (χ1n) is 15.2. The fourth-order valence-electron chi connectivity index (χ4n) is 8.88. The molecule has 0 bridgehead atoms. The van der Waals surface area contributed by atoms with Crippen molar-refractivity contribution in [2.24, 2.45) is 28.6 Å². The van der Waals surface area contributed by atoms with E-state index in [4.69, 9.17) is 4.74 Å². The molecule has 0 saturated heterocycles. The number of aliphatic hydroxyl groups excluding tert-OH is 3. The van der Waals surface area contributed by atoms with E-state index in [0.717, 1.165) is 18.4 Å². The number of carbonyl (C=O) groups excluding carboxylic acids is 2. The molecule has 1 aromatic carbocycles. The molecule has 6 rings (SSSR count). The normalized spacial score (nSPS) is 34.0. The Balaban J connectivity index is 0.00000196. The van der Waals surface area contributed by atoms with Crippen molar-refractivity contribution < 1.29 is 34.6 Å². The van der Waals surface area contributed by atoms with Gasteiger partial charge in [0.2, 0.25) is 0 Å². The van der Waals surface area contributed by atoms with Gasteiger partial charge in [-0.2, -0.15) is 12.6 Å². The van der Waals surface area contributed by atoms with Crippen molar-refractivity contribution in [3.05, 3.63) is 79.8 Å².